The molecule has 0 fully saturated rings. The van der Waals surface area contributed by atoms with Crippen LogP contribution in [-0.2, 0) is 11.2 Å². The van der Waals surface area contributed by atoms with Crippen LogP contribution >= 0.6 is 0 Å². The van der Waals surface area contributed by atoms with Crippen LogP contribution in [0.25, 0.3) is 0 Å². The van der Waals surface area contributed by atoms with E-state index in [9.17, 15) is 4.79 Å². The lowest BCUT2D eigenvalue weighted by Gasteiger charge is -2.19. The molecule has 0 spiro atoms. The van der Waals surface area contributed by atoms with E-state index >= 15 is 0 Å². The summed E-state index contributed by atoms with van der Waals surface area (Å²) in [5.41, 5.74) is 2.08. The van der Waals surface area contributed by atoms with Crippen LogP contribution in [0.1, 0.15) is 25.8 Å². The summed E-state index contributed by atoms with van der Waals surface area (Å²) in [7, 11) is 0. The second kappa shape index (κ2) is 6.57. The second-order valence-corrected chi connectivity index (χ2v) is 5.09. The highest BCUT2D eigenvalue weighted by molar-refractivity contribution is 5.94. The molecule has 2 N–H and O–H groups in total. The molecule has 0 aromatic heterocycles. The smallest absolute Gasteiger partial charge is 0.224 e. The molecule has 1 heterocycles. The highest BCUT2D eigenvalue weighted by Gasteiger charge is 2.15. The Hall–Kier alpha value is -1.55. The molecule has 2 rings (SSSR count). The zero-order valence-electron chi connectivity index (χ0n) is 11.7. The SMILES string of the molecule is CCNCC(C)COc1ccc2c(c1)NC(=O)CC2. The van der Waals surface area contributed by atoms with Crippen molar-refractivity contribution in [3.8, 4) is 5.75 Å². The van der Waals surface area contributed by atoms with Crippen molar-refractivity contribution in [1.29, 1.82) is 0 Å². The quantitative estimate of drug-likeness (QED) is 0.826. The number of benzene rings is 1. The molecule has 1 aliphatic heterocycles. The van der Waals surface area contributed by atoms with Gasteiger partial charge in [-0.3, -0.25) is 4.79 Å². The van der Waals surface area contributed by atoms with Crippen LogP contribution < -0.4 is 15.4 Å². The van der Waals surface area contributed by atoms with E-state index in [4.69, 9.17) is 4.74 Å². The first kappa shape index (κ1) is 13.9. The first-order valence-electron chi connectivity index (χ1n) is 6.95. The van der Waals surface area contributed by atoms with E-state index in [-0.39, 0.29) is 5.91 Å². The Morgan fingerprint density at radius 1 is 1.42 bits per heavy atom. The molecule has 0 bridgehead atoms. The minimum atomic E-state index is 0.0881. The van der Waals surface area contributed by atoms with Crippen LogP contribution in [0.3, 0.4) is 0 Å². The van der Waals surface area contributed by atoms with E-state index in [2.05, 4.69) is 24.5 Å². The molecular formula is C15H22N2O2. The summed E-state index contributed by atoms with van der Waals surface area (Å²) in [6, 6.07) is 5.95. The Bertz CT molecular complexity index is 446. The van der Waals surface area contributed by atoms with E-state index in [0.29, 0.717) is 18.9 Å². The number of anilines is 1. The van der Waals surface area contributed by atoms with Crippen LogP contribution in [0.5, 0.6) is 5.75 Å². The molecule has 0 aliphatic carbocycles. The molecule has 1 unspecified atom stereocenters. The van der Waals surface area contributed by atoms with Gasteiger partial charge in [0.2, 0.25) is 5.91 Å². The molecule has 19 heavy (non-hydrogen) atoms. The van der Waals surface area contributed by atoms with Gasteiger partial charge in [0.1, 0.15) is 5.75 Å². The first-order valence-corrected chi connectivity index (χ1v) is 6.95. The van der Waals surface area contributed by atoms with Gasteiger partial charge in [-0.05, 0) is 24.6 Å². The summed E-state index contributed by atoms with van der Waals surface area (Å²) >= 11 is 0. The number of amides is 1. The Kier molecular flexibility index (Phi) is 4.80. The summed E-state index contributed by atoms with van der Waals surface area (Å²) in [5, 5.41) is 6.19. The van der Waals surface area contributed by atoms with Gasteiger partial charge in [0.25, 0.3) is 0 Å². The second-order valence-electron chi connectivity index (χ2n) is 5.09. The highest BCUT2D eigenvalue weighted by Crippen LogP contribution is 2.27. The van der Waals surface area contributed by atoms with E-state index in [1.807, 2.05) is 18.2 Å². The Morgan fingerprint density at radius 2 is 2.26 bits per heavy atom. The number of carbonyl (C=O) groups is 1. The van der Waals surface area contributed by atoms with Crippen molar-refractivity contribution in [1.82, 2.24) is 5.32 Å². The third kappa shape index (κ3) is 3.96. The zero-order valence-corrected chi connectivity index (χ0v) is 11.7. The minimum absolute atomic E-state index is 0.0881. The maximum atomic E-state index is 11.4. The van der Waals surface area contributed by atoms with E-state index < -0.39 is 0 Å². The lowest BCUT2D eigenvalue weighted by Crippen LogP contribution is -2.24. The van der Waals surface area contributed by atoms with Crippen LogP contribution in [0.4, 0.5) is 5.69 Å². The number of fused-ring (bicyclic) bond motifs is 1. The predicted octanol–water partition coefficient (Wildman–Crippen LogP) is 2.20. The normalized spacial score (nSPS) is 15.6. The Labute approximate surface area is 114 Å². The fourth-order valence-electron chi connectivity index (χ4n) is 2.13. The molecule has 1 aliphatic rings. The van der Waals surface area contributed by atoms with Gasteiger partial charge < -0.3 is 15.4 Å². The molecule has 4 heteroatoms. The molecular weight excluding hydrogens is 240 g/mol. The fourth-order valence-corrected chi connectivity index (χ4v) is 2.13. The highest BCUT2D eigenvalue weighted by atomic mass is 16.5. The molecule has 0 saturated heterocycles. The molecule has 0 saturated carbocycles. The number of aryl methyl sites for hydroxylation is 1. The third-order valence-corrected chi connectivity index (χ3v) is 3.25. The van der Waals surface area contributed by atoms with Crippen molar-refractivity contribution in [2.24, 2.45) is 5.92 Å². The van der Waals surface area contributed by atoms with Gasteiger partial charge in [-0.1, -0.05) is 19.9 Å². The maximum absolute atomic E-state index is 11.4. The molecule has 1 amide bonds. The van der Waals surface area contributed by atoms with Crippen LogP contribution in [0, 0.1) is 5.92 Å². The van der Waals surface area contributed by atoms with Crippen molar-refractivity contribution in [2.75, 3.05) is 25.0 Å². The van der Waals surface area contributed by atoms with E-state index in [1.54, 1.807) is 0 Å². The van der Waals surface area contributed by atoms with Crippen LogP contribution in [0.15, 0.2) is 18.2 Å². The average molecular weight is 262 g/mol. The molecule has 1 aromatic rings. The molecule has 4 nitrogen and oxygen atoms in total. The minimum Gasteiger partial charge on any atom is -0.493 e. The number of nitrogens with one attached hydrogen (secondary N) is 2. The summed E-state index contributed by atoms with van der Waals surface area (Å²) < 4.78 is 5.77. The lowest BCUT2D eigenvalue weighted by atomic mass is 10.0. The van der Waals surface area contributed by atoms with Gasteiger partial charge in [-0.15, -0.1) is 0 Å². The number of rotatable bonds is 6. The van der Waals surface area contributed by atoms with Crippen LogP contribution in [0.2, 0.25) is 0 Å². The van der Waals surface area contributed by atoms with Crippen molar-refractivity contribution in [2.45, 2.75) is 26.7 Å². The van der Waals surface area contributed by atoms with Crippen molar-refractivity contribution < 1.29 is 9.53 Å². The summed E-state index contributed by atoms with van der Waals surface area (Å²) in [4.78, 5) is 11.4. The summed E-state index contributed by atoms with van der Waals surface area (Å²) in [6.45, 7) is 6.87. The van der Waals surface area contributed by atoms with E-state index in [0.717, 1.165) is 30.9 Å². The average Bonchev–Trinajstić information content (AvgIpc) is 2.42. The van der Waals surface area contributed by atoms with E-state index in [1.165, 1.54) is 5.56 Å². The van der Waals surface area contributed by atoms with Gasteiger partial charge in [0, 0.05) is 30.6 Å². The topological polar surface area (TPSA) is 50.4 Å². The van der Waals surface area contributed by atoms with Gasteiger partial charge in [-0.2, -0.15) is 0 Å². The molecule has 1 atom stereocenters. The van der Waals surface area contributed by atoms with Crippen molar-refractivity contribution in [3.63, 3.8) is 0 Å². The number of hydrogen-bond acceptors (Lipinski definition) is 3. The summed E-state index contributed by atoms with van der Waals surface area (Å²) in [5.74, 6) is 1.38. The van der Waals surface area contributed by atoms with Gasteiger partial charge in [0.05, 0.1) is 6.61 Å². The van der Waals surface area contributed by atoms with Crippen LogP contribution in [-0.4, -0.2) is 25.6 Å². The number of carbonyl (C=O) groups excluding carboxylic acids is 1. The van der Waals surface area contributed by atoms with Gasteiger partial charge in [-0.25, -0.2) is 0 Å². The largest absolute Gasteiger partial charge is 0.493 e. The molecule has 0 radical (unpaired) electrons. The molecule has 1 aromatic carbocycles. The summed E-state index contributed by atoms with van der Waals surface area (Å²) in [6.07, 6.45) is 1.39. The zero-order chi connectivity index (χ0) is 13.7. The van der Waals surface area contributed by atoms with Gasteiger partial charge in [0.15, 0.2) is 0 Å². The van der Waals surface area contributed by atoms with Crippen molar-refractivity contribution in [3.05, 3.63) is 23.8 Å². The van der Waals surface area contributed by atoms with Gasteiger partial charge >= 0.3 is 0 Å². The standard InChI is InChI=1S/C15H22N2O2/c1-3-16-9-11(2)10-19-13-6-4-12-5-7-15(18)17-14(12)8-13/h4,6,8,11,16H,3,5,7,9-10H2,1-2H3,(H,17,18). The number of ether oxygens (including phenoxy) is 1. The fraction of sp³-hybridized carbons (Fsp3) is 0.533. The Morgan fingerprint density at radius 3 is 3.05 bits per heavy atom. The first-order chi connectivity index (χ1) is 9.19. The lowest BCUT2D eigenvalue weighted by molar-refractivity contribution is -0.116. The number of hydrogen-bond donors (Lipinski definition) is 2. The molecule has 104 valence electrons. The Balaban J connectivity index is 1.91. The predicted molar refractivity (Wildman–Crippen MR) is 76.6 cm³/mol. The monoisotopic (exact) mass is 262 g/mol. The van der Waals surface area contributed by atoms with Crippen molar-refractivity contribution >= 4 is 11.6 Å². The maximum Gasteiger partial charge on any atom is 0.224 e. The third-order valence-electron chi connectivity index (χ3n) is 3.25.